The van der Waals surface area contributed by atoms with E-state index in [0.717, 1.165) is 67.2 Å². The third-order valence-electron chi connectivity index (χ3n) is 14.4. The molecule has 12 rings (SSSR count). The fourth-order valence-corrected chi connectivity index (χ4v) is 10.5. The summed E-state index contributed by atoms with van der Waals surface area (Å²) in [6.07, 6.45) is 1.92. The Morgan fingerprint density at radius 1 is 0.466 bits per heavy atom. The minimum Gasteiger partial charge on any atom is -0.457 e. The highest BCUT2D eigenvalue weighted by atomic mass is 19.1. The summed E-state index contributed by atoms with van der Waals surface area (Å²) in [6.45, 7) is 20.2. The van der Waals surface area contributed by atoms with E-state index in [2.05, 4.69) is 226 Å². The van der Waals surface area contributed by atoms with Crippen LogP contribution in [0.25, 0.3) is 66.2 Å². The quantitative estimate of drug-likeness (QED) is 0.149. The van der Waals surface area contributed by atoms with Crippen LogP contribution in [0.4, 0.5) is 27.1 Å². The Hall–Kier alpha value is -8.38. The molecule has 4 heterocycles. The fraction of sp³-hybridized carbons (Fsp3) is 0.182. The second-order valence-electron chi connectivity index (χ2n) is 22.6. The maximum atomic E-state index is 15.0. The molecule has 0 atom stereocenters. The molecule has 358 valence electrons. The third kappa shape index (κ3) is 8.01. The van der Waals surface area contributed by atoms with Crippen LogP contribution in [0.2, 0.25) is 0 Å². The highest BCUT2D eigenvalue weighted by Gasteiger charge is 2.40. The van der Waals surface area contributed by atoms with E-state index in [9.17, 15) is 4.39 Å². The lowest BCUT2D eigenvalue weighted by Crippen LogP contribution is -2.17. The minimum atomic E-state index is -0.281. The fourth-order valence-electron chi connectivity index (χ4n) is 10.5. The number of rotatable bonds is 7. The Labute approximate surface area is 426 Å². The zero-order chi connectivity index (χ0) is 50.6. The van der Waals surface area contributed by atoms with Gasteiger partial charge in [0, 0.05) is 63.8 Å². The molecular weight excluding hydrogens is 898 g/mol. The highest BCUT2D eigenvalue weighted by molar-refractivity contribution is 6.12. The van der Waals surface area contributed by atoms with Gasteiger partial charge < -0.3 is 9.30 Å². The zero-order valence-corrected chi connectivity index (χ0v) is 42.9. The van der Waals surface area contributed by atoms with E-state index in [4.69, 9.17) is 9.72 Å². The molecule has 3 aromatic heterocycles. The van der Waals surface area contributed by atoms with Crippen molar-refractivity contribution in [2.45, 2.75) is 78.6 Å². The zero-order valence-electron chi connectivity index (χ0n) is 42.9. The third-order valence-corrected chi connectivity index (χ3v) is 14.4. The molecule has 0 N–H and O–H groups in total. The van der Waals surface area contributed by atoms with Crippen molar-refractivity contribution in [3.05, 3.63) is 211 Å². The van der Waals surface area contributed by atoms with Gasteiger partial charge in [-0.15, -0.1) is 0 Å². The molecule has 1 aliphatic rings. The first-order valence-electron chi connectivity index (χ1n) is 25.2. The summed E-state index contributed by atoms with van der Waals surface area (Å²) < 4.78 is 30.8. The van der Waals surface area contributed by atoms with Gasteiger partial charge in [-0.2, -0.15) is 0 Å². The smallest absolute Gasteiger partial charge is 0.457 e. The van der Waals surface area contributed by atoms with Crippen molar-refractivity contribution in [3.63, 3.8) is 0 Å². The molecule has 0 amide bonds. The topological polar surface area (TPSA) is 38.0 Å². The van der Waals surface area contributed by atoms with Crippen LogP contribution in [0, 0.1) is 5.82 Å². The monoisotopic (exact) mass is 955 g/mol. The Kier molecular flexibility index (Phi) is 10.6. The summed E-state index contributed by atoms with van der Waals surface area (Å²) in [7, 11) is 0. The number of halogens is 1. The number of nitrogens with zero attached hydrogens (tertiary/aromatic N) is 5. The van der Waals surface area contributed by atoms with Gasteiger partial charge in [-0.1, -0.05) is 129 Å². The summed E-state index contributed by atoms with van der Waals surface area (Å²) in [4.78, 5) is 5.01. The first-order chi connectivity index (χ1) is 35.0. The van der Waals surface area contributed by atoms with Gasteiger partial charge in [0.05, 0.1) is 33.7 Å². The predicted octanol–water partition coefficient (Wildman–Crippen LogP) is 17.6. The molecule has 11 aromatic rings. The summed E-state index contributed by atoms with van der Waals surface area (Å²) in [5, 5.41) is 4.67. The van der Waals surface area contributed by atoms with Gasteiger partial charge in [0.1, 0.15) is 23.1 Å². The number of hydrogen-bond donors (Lipinski definition) is 0. The Balaban J connectivity index is 1.00. The van der Waals surface area contributed by atoms with Crippen molar-refractivity contribution in [1.29, 1.82) is 0 Å². The van der Waals surface area contributed by atoms with Crippen molar-refractivity contribution >= 4 is 72.4 Å². The summed E-state index contributed by atoms with van der Waals surface area (Å²) in [5.41, 5.74) is 14.3. The summed E-state index contributed by atoms with van der Waals surface area (Å²) in [6, 6.07) is 66.6. The van der Waals surface area contributed by atoms with Crippen molar-refractivity contribution in [2.75, 3.05) is 0 Å². The van der Waals surface area contributed by atoms with Crippen LogP contribution in [0.5, 0.6) is 11.5 Å². The molecule has 0 bridgehead atoms. The van der Waals surface area contributed by atoms with Gasteiger partial charge in [0.2, 0.25) is 11.4 Å². The Morgan fingerprint density at radius 3 is 1.81 bits per heavy atom. The summed E-state index contributed by atoms with van der Waals surface area (Å²) in [5.74, 6) is 1.94. The number of fused-ring (bicyclic) bond motifs is 7. The second-order valence-corrected chi connectivity index (χ2v) is 22.6. The lowest BCUT2D eigenvalue weighted by atomic mass is 9.80. The molecule has 0 fully saturated rings. The number of aromatic nitrogens is 3. The van der Waals surface area contributed by atoms with Gasteiger partial charge in [-0.25, -0.2) is 9.37 Å². The molecule has 1 aliphatic heterocycles. The first kappa shape index (κ1) is 45.7. The van der Waals surface area contributed by atoms with Crippen LogP contribution in [0.1, 0.15) is 79.0 Å². The van der Waals surface area contributed by atoms with Crippen LogP contribution >= 0.6 is 0 Å². The number of pyridine rings is 1. The molecule has 0 radical (unpaired) electrons. The van der Waals surface area contributed by atoms with E-state index in [-0.39, 0.29) is 22.1 Å². The predicted molar refractivity (Wildman–Crippen MR) is 302 cm³/mol. The van der Waals surface area contributed by atoms with E-state index >= 15 is 0 Å². The number of ether oxygens (including phenoxy) is 1. The van der Waals surface area contributed by atoms with E-state index in [0.29, 0.717) is 11.5 Å². The molecule has 0 aliphatic carbocycles. The summed E-state index contributed by atoms with van der Waals surface area (Å²) >= 11 is 0. The van der Waals surface area contributed by atoms with E-state index < -0.39 is 0 Å². The maximum absolute atomic E-state index is 15.0. The van der Waals surface area contributed by atoms with E-state index in [1.807, 2.05) is 30.5 Å². The average Bonchev–Trinajstić information content (AvgIpc) is 4.04. The molecule has 6 nitrogen and oxygen atoms in total. The standard InChI is InChI=1S/C66H58FN5O/c1-64(2,3)43-31-32-68-62(37-43)72-59-30-27-48(71-57-24-12-10-21-53(57)54-22-11-13-25-58(54)71)39-56(59)55-29-28-51(40-61(55)72)73-50-20-15-19-47(38-50)69-41-70(49-35-44(65(4,5)6)34-45(36-49)66(7,8)9)63-52(23-16-26-60(63)69)42-17-14-18-46(67)33-42/h10-40H,1-9H3/q+2. The molecule has 8 aromatic carbocycles. The molecule has 0 saturated heterocycles. The SMILES string of the molecule is CC(C)(C)c1cc([N+]2=C=[N+](c3cccc(Oc4ccc5c6cc(-n7c8ccccc8c8ccccc87)ccc6n(-c6cc(C(C)(C)C)ccn6)c5c4)c3)c3cccc(-c4cccc(F)c4)c32)cc(C(C)(C)C)c1. The van der Waals surface area contributed by atoms with Gasteiger partial charge >= 0.3 is 11.7 Å². The van der Waals surface area contributed by atoms with Crippen molar-refractivity contribution in [1.82, 2.24) is 23.3 Å². The van der Waals surface area contributed by atoms with Crippen molar-refractivity contribution in [3.8, 4) is 34.1 Å². The van der Waals surface area contributed by atoms with Gasteiger partial charge in [0.25, 0.3) is 5.69 Å². The normalized spacial score (nSPS) is 13.0. The number of hydrogen-bond acceptors (Lipinski definition) is 2. The molecular formula is C66H58FN5O+2. The first-order valence-corrected chi connectivity index (χ1v) is 25.2. The lowest BCUT2D eigenvalue weighted by Gasteiger charge is -2.24. The average molecular weight is 956 g/mol. The molecule has 73 heavy (non-hydrogen) atoms. The molecule has 0 spiro atoms. The van der Waals surface area contributed by atoms with Crippen LogP contribution < -0.4 is 13.9 Å². The maximum Gasteiger partial charge on any atom is 0.503 e. The largest absolute Gasteiger partial charge is 0.503 e. The van der Waals surface area contributed by atoms with Gasteiger partial charge in [-0.3, -0.25) is 4.57 Å². The van der Waals surface area contributed by atoms with Crippen LogP contribution in [0.3, 0.4) is 0 Å². The lowest BCUT2D eigenvalue weighted by molar-refractivity contribution is 0.483. The molecule has 0 unspecified atom stereocenters. The molecule has 7 heteroatoms. The minimum absolute atomic E-state index is 0.0753. The van der Waals surface area contributed by atoms with E-state index in [1.54, 1.807) is 12.1 Å². The van der Waals surface area contributed by atoms with Gasteiger partial charge in [0.15, 0.2) is 0 Å². The molecule has 0 saturated carbocycles. The Morgan fingerprint density at radius 2 is 1.11 bits per heavy atom. The van der Waals surface area contributed by atoms with Crippen LogP contribution in [-0.4, -0.2) is 20.1 Å². The second kappa shape index (κ2) is 16.9. The van der Waals surface area contributed by atoms with Crippen LogP contribution in [0.15, 0.2) is 188 Å². The van der Waals surface area contributed by atoms with Crippen LogP contribution in [-0.2, 0) is 16.2 Å². The van der Waals surface area contributed by atoms with E-state index in [1.165, 1.54) is 44.6 Å². The Bertz CT molecular complexity index is 4040. The number of benzene rings is 8. The highest BCUT2D eigenvalue weighted by Crippen LogP contribution is 2.46. The van der Waals surface area contributed by atoms with Crippen molar-refractivity contribution in [2.24, 2.45) is 0 Å². The van der Waals surface area contributed by atoms with Gasteiger partial charge in [-0.05, 0) is 127 Å². The number of para-hydroxylation sites is 3. The van der Waals surface area contributed by atoms with Crippen molar-refractivity contribution < 1.29 is 9.13 Å².